The molecule has 7 heteroatoms. The average molecular weight is 338 g/mol. The van der Waals surface area contributed by atoms with E-state index < -0.39 is 16.1 Å². The normalized spacial score (nSPS) is 15.9. The number of hydrogen-bond donors (Lipinski definition) is 2. The molecule has 2 rings (SSSR count). The Morgan fingerprint density at radius 2 is 1.70 bits per heavy atom. The molecule has 0 aromatic heterocycles. The number of rotatable bonds is 5. The van der Waals surface area contributed by atoms with Gasteiger partial charge in [0.1, 0.15) is 5.78 Å². The van der Waals surface area contributed by atoms with Crippen molar-refractivity contribution in [3.05, 3.63) is 29.8 Å². The molecule has 0 saturated heterocycles. The number of nitrogens with one attached hydrogen (secondary N) is 2. The molecule has 126 valence electrons. The molecule has 0 radical (unpaired) electrons. The summed E-state index contributed by atoms with van der Waals surface area (Å²) in [4.78, 5) is 22.9. The minimum Gasteiger partial charge on any atom is -0.335 e. The molecule has 1 saturated carbocycles. The van der Waals surface area contributed by atoms with Crippen molar-refractivity contribution >= 4 is 21.8 Å². The highest BCUT2D eigenvalue weighted by molar-refractivity contribution is 7.90. The quantitative estimate of drug-likeness (QED) is 0.860. The van der Waals surface area contributed by atoms with Gasteiger partial charge in [-0.15, -0.1) is 0 Å². The predicted octanol–water partition coefficient (Wildman–Crippen LogP) is 2.14. The zero-order chi connectivity index (χ0) is 16.9. The van der Waals surface area contributed by atoms with Crippen molar-refractivity contribution in [2.45, 2.75) is 56.4 Å². The summed E-state index contributed by atoms with van der Waals surface area (Å²) in [5.74, 6) is 0.00518. The van der Waals surface area contributed by atoms with Gasteiger partial charge in [-0.2, -0.15) is 0 Å². The van der Waals surface area contributed by atoms with Crippen LogP contribution in [0.3, 0.4) is 0 Å². The fraction of sp³-hybridized carbons (Fsp3) is 0.500. The van der Waals surface area contributed by atoms with Gasteiger partial charge in [0.2, 0.25) is 0 Å². The van der Waals surface area contributed by atoms with E-state index >= 15 is 0 Å². The van der Waals surface area contributed by atoms with Crippen molar-refractivity contribution in [3.63, 3.8) is 0 Å². The van der Waals surface area contributed by atoms with Gasteiger partial charge >= 0.3 is 6.03 Å². The molecule has 0 unspecified atom stereocenters. The molecule has 0 heterocycles. The lowest BCUT2D eigenvalue weighted by molar-refractivity contribution is -0.116. The number of amides is 2. The Morgan fingerprint density at radius 3 is 2.26 bits per heavy atom. The summed E-state index contributed by atoms with van der Waals surface area (Å²) in [7, 11) is -3.90. The van der Waals surface area contributed by atoms with Crippen molar-refractivity contribution < 1.29 is 18.0 Å². The molecule has 23 heavy (non-hydrogen) atoms. The van der Waals surface area contributed by atoms with E-state index in [1.165, 1.54) is 19.1 Å². The summed E-state index contributed by atoms with van der Waals surface area (Å²) in [6, 6.07) is 5.30. The molecule has 6 nitrogen and oxygen atoms in total. The lowest BCUT2D eigenvalue weighted by Crippen LogP contribution is -2.45. The molecule has 0 atom stereocenters. The zero-order valence-electron chi connectivity index (χ0n) is 13.2. The van der Waals surface area contributed by atoms with E-state index in [0.29, 0.717) is 0 Å². The van der Waals surface area contributed by atoms with Crippen LogP contribution in [0.2, 0.25) is 0 Å². The number of Topliss-reactive ketones (excluding diaryl/α,β-unsaturated/α-hetero) is 1. The number of sulfonamides is 1. The van der Waals surface area contributed by atoms with Gasteiger partial charge in [0.15, 0.2) is 0 Å². The highest BCUT2D eigenvalue weighted by Crippen LogP contribution is 2.17. The standard InChI is InChI=1S/C16H22N2O4S/c1-12(19)11-13-7-9-15(10-8-13)23(21,22)18-16(20)17-14-5-3-2-4-6-14/h7-10,14H,2-6,11H2,1H3,(H2,17,18,20). The van der Waals surface area contributed by atoms with Crippen LogP contribution >= 0.6 is 0 Å². The van der Waals surface area contributed by atoms with Crippen molar-refractivity contribution in [2.75, 3.05) is 0 Å². The van der Waals surface area contributed by atoms with Crippen LogP contribution in [-0.4, -0.2) is 26.3 Å². The minimum absolute atomic E-state index is 0.00333. The molecule has 0 aliphatic heterocycles. The summed E-state index contributed by atoms with van der Waals surface area (Å²) in [5, 5.41) is 2.71. The minimum atomic E-state index is -3.90. The van der Waals surface area contributed by atoms with Gasteiger partial charge in [-0.3, -0.25) is 4.79 Å². The third-order valence-electron chi connectivity index (χ3n) is 3.85. The Labute approximate surface area is 136 Å². The zero-order valence-corrected chi connectivity index (χ0v) is 14.0. The number of ketones is 1. The van der Waals surface area contributed by atoms with Crippen LogP contribution in [0, 0.1) is 0 Å². The Morgan fingerprint density at radius 1 is 1.09 bits per heavy atom. The molecule has 1 fully saturated rings. The van der Waals surface area contributed by atoms with Gasteiger partial charge in [0, 0.05) is 12.5 Å². The third kappa shape index (κ3) is 5.35. The first-order chi connectivity index (χ1) is 10.9. The van der Waals surface area contributed by atoms with Crippen LogP contribution in [-0.2, 0) is 21.2 Å². The number of carbonyl (C=O) groups is 2. The molecular weight excluding hydrogens is 316 g/mol. The lowest BCUT2D eigenvalue weighted by Gasteiger charge is -2.22. The van der Waals surface area contributed by atoms with Gasteiger partial charge < -0.3 is 5.32 Å². The van der Waals surface area contributed by atoms with E-state index in [1.807, 2.05) is 4.72 Å². The second-order valence-corrected chi connectivity index (χ2v) is 7.62. The summed E-state index contributed by atoms with van der Waals surface area (Å²) >= 11 is 0. The maximum atomic E-state index is 12.2. The van der Waals surface area contributed by atoms with Gasteiger partial charge in [-0.25, -0.2) is 17.9 Å². The molecular formula is C16H22N2O4S. The monoisotopic (exact) mass is 338 g/mol. The Kier molecular flexibility index (Phi) is 5.76. The SMILES string of the molecule is CC(=O)Cc1ccc(S(=O)(=O)NC(=O)NC2CCCCC2)cc1. The molecule has 1 aliphatic rings. The number of urea groups is 1. The highest BCUT2D eigenvalue weighted by Gasteiger charge is 2.21. The summed E-state index contributed by atoms with van der Waals surface area (Å²) < 4.78 is 26.4. The van der Waals surface area contributed by atoms with Crippen molar-refractivity contribution in [1.82, 2.24) is 10.0 Å². The first-order valence-electron chi connectivity index (χ1n) is 7.78. The van der Waals surface area contributed by atoms with E-state index in [1.54, 1.807) is 12.1 Å². The van der Waals surface area contributed by atoms with Gasteiger partial charge in [0.05, 0.1) is 4.90 Å². The van der Waals surface area contributed by atoms with Crippen molar-refractivity contribution in [3.8, 4) is 0 Å². The fourth-order valence-corrected chi connectivity index (χ4v) is 3.63. The summed E-state index contributed by atoms with van der Waals surface area (Å²) in [5.41, 5.74) is 0.739. The first-order valence-corrected chi connectivity index (χ1v) is 9.27. The van der Waals surface area contributed by atoms with Crippen LogP contribution < -0.4 is 10.0 Å². The van der Waals surface area contributed by atoms with Crippen LogP contribution in [0.25, 0.3) is 0 Å². The summed E-state index contributed by atoms with van der Waals surface area (Å²) in [6.07, 6.45) is 5.28. The Hall–Kier alpha value is -1.89. The van der Waals surface area contributed by atoms with Crippen molar-refractivity contribution in [2.24, 2.45) is 0 Å². The highest BCUT2D eigenvalue weighted by atomic mass is 32.2. The van der Waals surface area contributed by atoms with Crippen LogP contribution in [0.1, 0.15) is 44.6 Å². The van der Waals surface area contributed by atoms with Gasteiger partial charge in [0.25, 0.3) is 10.0 Å². The van der Waals surface area contributed by atoms with Crippen LogP contribution in [0.4, 0.5) is 4.79 Å². The second-order valence-electron chi connectivity index (χ2n) is 5.94. The third-order valence-corrected chi connectivity index (χ3v) is 5.20. The Balaban J connectivity index is 1.97. The van der Waals surface area contributed by atoms with Crippen molar-refractivity contribution in [1.29, 1.82) is 0 Å². The maximum Gasteiger partial charge on any atom is 0.328 e. The van der Waals surface area contributed by atoms with Gasteiger partial charge in [-0.05, 0) is 37.5 Å². The maximum absolute atomic E-state index is 12.2. The average Bonchev–Trinajstić information content (AvgIpc) is 2.47. The van der Waals surface area contributed by atoms with E-state index in [-0.39, 0.29) is 23.1 Å². The van der Waals surface area contributed by atoms with E-state index in [0.717, 1.165) is 37.7 Å². The molecule has 1 aliphatic carbocycles. The molecule has 0 spiro atoms. The fourth-order valence-electron chi connectivity index (χ4n) is 2.72. The molecule has 1 aromatic rings. The lowest BCUT2D eigenvalue weighted by atomic mass is 9.96. The smallest absolute Gasteiger partial charge is 0.328 e. The molecule has 2 N–H and O–H groups in total. The number of hydrogen-bond acceptors (Lipinski definition) is 4. The summed E-state index contributed by atoms with van der Waals surface area (Å²) in [6.45, 7) is 1.47. The molecule has 0 bridgehead atoms. The van der Waals surface area contributed by atoms with Crippen LogP contribution in [0.15, 0.2) is 29.2 Å². The van der Waals surface area contributed by atoms with E-state index in [9.17, 15) is 18.0 Å². The molecule has 2 amide bonds. The van der Waals surface area contributed by atoms with Crippen LogP contribution in [0.5, 0.6) is 0 Å². The number of benzene rings is 1. The van der Waals surface area contributed by atoms with Gasteiger partial charge in [-0.1, -0.05) is 31.4 Å². The first kappa shape index (κ1) is 17.5. The predicted molar refractivity (Wildman–Crippen MR) is 86.6 cm³/mol. The van der Waals surface area contributed by atoms with E-state index in [2.05, 4.69) is 5.32 Å². The largest absolute Gasteiger partial charge is 0.335 e. The van der Waals surface area contributed by atoms with E-state index in [4.69, 9.17) is 0 Å². The molecule has 1 aromatic carbocycles. The topological polar surface area (TPSA) is 92.3 Å². The Bertz CT molecular complexity index is 662. The second kappa shape index (κ2) is 7.59. The number of carbonyl (C=O) groups excluding carboxylic acids is 2.